The second-order valence-electron chi connectivity index (χ2n) is 8.01. The summed E-state index contributed by atoms with van der Waals surface area (Å²) in [5, 5.41) is 17.1. The van der Waals surface area contributed by atoms with Crippen molar-refractivity contribution in [3.05, 3.63) is 0 Å². The summed E-state index contributed by atoms with van der Waals surface area (Å²) in [4.78, 5) is 60.9. The van der Waals surface area contributed by atoms with Crippen LogP contribution in [0.15, 0.2) is 0 Å². The van der Waals surface area contributed by atoms with E-state index in [1.165, 1.54) is 11.8 Å². The van der Waals surface area contributed by atoms with E-state index >= 15 is 0 Å². The highest BCUT2D eigenvalue weighted by atomic mass is 32.2. The van der Waals surface area contributed by atoms with Crippen LogP contribution in [0.5, 0.6) is 0 Å². The Morgan fingerprint density at radius 2 is 1.41 bits per heavy atom. The van der Waals surface area contributed by atoms with Crippen LogP contribution in [0.4, 0.5) is 0 Å². The van der Waals surface area contributed by atoms with Crippen molar-refractivity contribution in [1.82, 2.24) is 16.0 Å². The number of carbonyl (C=O) groups is 5. The van der Waals surface area contributed by atoms with Crippen molar-refractivity contribution in [2.45, 2.75) is 70.1 Å². The molecule has 0 bridgehead atoms. The van der Waals surface area contributed by atoms with Gasteiger partial charge in [0.1, 0.15) is 18.1 Å². The van der Waals surface area contributed by atoms with Crippen LogP contribution in [0.3, 0.4) is 0 Å². The van der Waals surface area contributed by atoms with Gasteiger partial charge in [0.2, 0.25) is 23.6 Å². The molecule has 0 aliphatic carbocycles. The molecule has 0 aromatic heterocycles. The van der Waals surface area contributed by atoms with Gasteiger partial charge in [-0.3, -0.25) is 19.2 Å². The zero-order chi connectivity index (χ0) is 26.3. The highest BCUT2D eigenvalue weighted by Gasteiger charge is 2.32. The molecule has 0 radical (unpaired) electrons. The summed E-state index contributed by atoms with van der Waals surface area (Å²) in [5.74, 6) is -2.69. The van der Waals surface area contributed by atoms with E-state index in [2.05, 4.69) is 16.0 Å². The first-order valence-corrected chi connectivity index (χ1v) is 13.9. The summed E-state index contributed by atoms with van der Waals surface area (Å²) in [6.07, 6.45) is 4.66. The number of carboxylic acids is 1. The maximum atomic E-state index is 13.1. The molecule has 11 nitrogen and oxygen atoms in total. The number of carboxylic acid groups (broad SMARTS) is 1. The molecular weight excluding hydrogens is 482 g/mol. The molecule has 4 amide bonds. The van der Waals surface area contributed by atoms with Gasteiger partial charge in [-0.2, -0.15) is 23.5 Å². The van der Waals surface area contributed by atoms with Gasteiger partial charge in [0.25, 0.3) is 0 Å². The van der Waals surface area contributed by atoms with Gasteiger partial charge in [-0.15, -0.1) is 0 Å². The van der Waals surface area contributed by atoms with Crippen molar-refractivity contribution in [2.24, 2.45) is 17.4 Å². The van der Waals surface area contributed by atoms with Gasteiger partial charge >= 0.3 is 5.97 Å². The number of rotatable bonds is 18. The standard InChI is InChI=1S/C21H39N5O6S2/c1-5-12(2)17(26-18(28)13(22)8-10-33-3)20(30)24-14(9-11-34-4)19(29)25-15(21(31)32)6-7-16(23)27/h12-15,17H,5-11,22H2,1-4H3,(H2,23,27)(H,24,30)(H,25,29)(H,26,28)(H,31,32). The normalized spacial score (nSPS) is 15.3. The van der Waals surface area contributed by atoms with Crippen LogP contribution in [-0.4, -0.2) is 82.9 Å². The number of nitrogens with one attached hydrogen (secondary N) is 3. The quantitative estimate of drug-likeness (QED) is 0.140. The summed E-state index contributed by atoms with van der Waals surface area (Å²) >= 11 is 3.02. The Labute approximate surface area is 209 Å². The van der Waals surface area contributed by atoms with Crippen LogP contribution in [-0.2, 0) is 24.0 Å². The summed E-state index contributed by atoms with van der Waals surface area (Å²) in [6.45, 7) is 3.68. The van der Waals surface area contributed by atoms with E-state index in [9.17, 15) is 29.1 Å². The lowest BCUT2D eigenvalue weighted by Gasteiger charge is -2.28. The predicted octanol–water partition coefficient (Wildman–Crippen LogP) is -0.329. The first kappa shape index (κ1) is 32.0. The molecule has 0 heterocycles. The highest BCUT2D eigenvalue weighted by molar-refractivity contribution is 7.98. The van der Waals surface area contributed by atoms with E-state index in [1.54, 1.807) is 18.7 Å². The van der Waals surface area contributed by atoms with E-state index in [0.29, 0.717) is 24.3 Å². The van der Waals surface area contributed by atoms with Crippen molar-refractivity contribution in [3.63, 3.8) is 0 Å². The van der Waals surface area contributed by atoms with E-state index in [0.717, 1.165) is 0 Å². The Morgan fingerprint density at radius 1 is 0.853 bits per heavy atom. The third-order valence-corrected chi connectivity index (χ3v) is 6.59. The largest absolute Gasteiger partial charge is 0.480 e. The summed E-state index contributed by atoms with van der Waals surface area (Å²) in [6, 6.07) is -4.02. The van der Waals surface area contributed by atoms with E-state index in [1.807, 2.05) is 19.4 Å². The monoisotopic (exact) mass is 521 g/mol. The van der Waals surface area contributed by atoms with Crippen molar-refractivity contribution >= 4 is 53.1 Å². The van der Waals surface area contributed by atoms with Crippen molar-refractivity contribution in [1.29, 1.82) is 0 Å². The van der Waals surface area contributed by atoms with Crippen molar-refractivity contribution in [2.75, 3.05) is 24.0 Å². The molecule has 0 saturated heterocycles. The molecule has 8 N–H and O–H groups in total. The minimum atomic E-state index is -1.33. The number of hydrogen-bond acceptors (Lipinski definition) is 8. The number of amides is 4. The molecule has 0 saturated carbocycles. The van der Waals surface area contributed by atoms with Gasteiger partial charge in [0, 0.05) is 6.42 Å². The van der Waals surface area contributed by atoms with E-state index in [-0.39, 0.29) is 25.2 Å². The number of nitrogens with two attached hydrogens (primary N) is 2. The minimum Gasteiger partial charge on any atom is -0.480 e. The fourth-order valence-corrected chi connectivity index (χ4v) is 3.88. The molecule has 0 spiro atoms. The van der Waals surface area contributed by atoms with Crippen molar-refractivity contribution < 1.29 is 29.1 Å². The second kappa shape index (κ2) is 17.4. The fraction of sp³-hybridized carbons (Fsp3) is 0.762. The van der Waals surface area contributed by atoms with Gasteiger partial charge < -0.3 is 32.5 Å². The molecule has 196 valence electrons. The molecule has 0 aliphatic heterocycles. The van der Waals surface area contributed by atoms with E-state index in [4.69, 9.17) is 11.5 Å². The lowest BCUT2D eigenvalue weighted by atomic mass is 9.97. The topological polar surface area (TPSA) is 194 Å². The average molecular weight is 522 g/mol. The zero-order valence-corrected chi connectivity index (χ0v) is 21.9. The van der Waals surface area contributed by atoms with Gasteiger partial charge in [0.15, 0.2) is 0 Å². The number of hydrogen-bond donors (Lipinski definition) is 6. The molecule has 0 rings (SSSR count). The van der Waals surface area contributed by atoms with Crippen LogP contribution in [0.25, 0.3) is 0 Å². The maximum absolute atomic E-state index is 13.1. The Bertz CT molecular complexity index is 697. The molecule has 0 fully saturated rings. The molecule has 13 heteroatoms. The lowest BCUT2D eigenvalue weighted by Crippen LogP contribution is -2.58. The minimum absolute atomic E-state index is 0.168. The smallest absolute Gasteiger partial charge is 0.326 e. The molecule has 0 aliphatic rings. The summed E-state index contributed by atoms with van der Waals surface area (Å²) < 4.78 is 0. The van der Waals surface area contributed by atoms with Crippen LogP contribution >= 0.6 is 23.5 Å². The number of aliphatic carboxylic acids is 1. The molecule has 5 atom stereocenters. The Hall–Kier alpha value is -1.99. The summed E-state index contributed by atoms with van der Waals surface area (Å²) in [5.41, 5.74) is 11.0. The van der Waals surface area contributed by atoms with Gasteiger partial charge in [-0.1, -0.05) is 20.3 Å². The Kier molecular flexibility index (Phi) is 16.4. The van der Waals surface area contributed by atoms with E-state index < -0.39 is 53.8 Å². The number of carbonyl (C=O) groups excluding carboxylic acids is 4. The molecule has 0 aromatic rings. The summed E-state index contributed by atoms with van der Waals surface area (Å²) in [7, 11) is 0. The average Bonchev–Trinajstić information content (AvgIpc) is 2.79. The van der Waals surface area contributed by atoms with Gasteiger partial charge in [0.05, 0.1) is 6.04 Å². The lowest BCUT2D eigenvalue weighted by molar-refractivity contribution is -0.142. The van der Waals surface area contributed by atoms with Crippen LogP contribution < -0.4 is 27.4 Å². The van der Waals surface area contributed by atoms with Crippen LogP contribution in [0.2, 0.25) is 0 Å². The SMILES string of the molecule is CCC(C)C(NC(=O)C(N)CCSC)C(=O)NC(CCSC)C(=O)NC(CCC(N)=O)C(=O)O. The molecule has 5 unspecified atom stereocenters. The highest BCUT2D eigenvalue weighted by Crippen LogP contribution is 2.11. The van der Waals surface area contributed by atoms with Crippen LogP contribution in [0.1, 0.15) is 46.0 Å². The fourth-order valence-electron chi connectivity index (χ4n) is 2.92. The van der Waals surface area contributed by atoms with Gasteiger partial charge in [-0.25, -0.2) is 4.79 Å². The molecule has 0 aromatic carbocycles. The molecule has 34 heavy (non-hydrogen) atoms. The Balaban J connectivity index is 5.47. The molecular formula is C21H39N5O6S2. The van der Waals surface area contributed by atoms with Crippen molar-refractivity contribution in [3.8, 4) is 0 Å². The zero-order valence-electron chi connectivity index (χ0n) is 20.3. The number of primary amides is 1. The Morgan fingerprint density at radius 3 is 1.91 bits per heavy atom. The third-order valence-electron chi connectivity index (χ3n) is 5.30. The maximum Gasteiger partial charge on any atom is 0.326 e. The third kappa shape index (κ3) is 12.5. The number of thioether (sulfide) groups is 2. The first-order valence-electron chi connectivity index (χ1n) is 11.1. The second-order valence-corrected chi connectivity index (χ2v) is 9.98. The predicted molar refractivity (Wildman–Crippen MR) is 135 cm³/mol. The van der Waals surface area contributed by atoms with Gasteiger partial charge in [-0.05, 0) is 49.2 Å². The first-order chi connectivity index (χ1) is 16.0. The van der Waals surface area contributed by atoms with Crippen LogP contribution in [0, 0.1) is 5.92 Å².